The lowest BCUT2D eigenvalue weighted by molar-refractivity contribution is -0.143. The summed E-state index contributed by atoms with van der Waals surface area (Å²) in [6, 6.07) is 17.5. The van der Waals surface area contributed by atoms with Crippen LogP contribution >= 0.6 is 11.6 Å². The minimum absolute atomic E-state index is 0.0509. The Morgan fingerprint density at radius 1 is 1.06 bits per heavy atom. The summed E-state index contributed by atoms with van der Waals surface area (Å²) in [4.78, 5) is 26.5. The molecule has 4 nitrogen and oxygen atoms in total. The highest BCUT2D eigenvalue weighted by Gasteiger charge is 2.41. The summed E-state index contributed by atoms with van der Waals surface area (Å²) in [5.74, 6) is -0.744. The van der Waals surface area contributed by atoms with Crippen molar-refractivity contribution in [2.45, 2.75) is 51.6 Å². The number of dihydropyridines is 1. The molecule has 2 atom stereocenters. The van der Waals surface area contributed by atoms with Crippen molar-refractivity contribution >= 4 is 23.4 Å². The van der Waals surface area contributed by atoms with E-state index in [1.54, 1.807) is 6.07 Å². The molecule has 0 radical (unpaired) electrons. The molecule has 160 valence electrons. The van der Waals surface area contributed by atoms with E-state index in [0.717, 1.165) is 22.5 Å². The minimum Gasteiger partial charge on any atom is -0.460 e. The van der Waals surface area contributed by atoms with Crippen molar-refractivity contribution in [3.05, 3.63) is 93.3 Å². The van der Waals surface area contributed by atoms with Gasteiger partial charge in [0.1, 0.15) is 0 Å². The highest BCUT2D eigenvalue weighted by Crippen LogP contribution is 2.46. The number of halogens is 1. The minimum atomic E-state index is -0.495. The third kappa shape index (κ3) is 4.31. The van der Waals surface area contributed by atoms with Crippen molar-refractivity contribution in [3.8, 4) is 0 Å². The maximum atomic E-state index is 13.5. The van der Waals surface area contributed by atoms with E-state index in [-0.39, 0.29) is 17.8 Å². The van der Waals surface area contributed by atoms with E-state index >= 15 is 0 Å². The molecule has 0 spiro atoms. The van der Waals surface area contributed by atoms with Gasteiger partial charge in [-0.15, -0.1) is 0 Å². The topological polar surface area (TPSA) is 55.4 Å². The first-order valence-electron chi connectivity index (χ1n) is 10.6. The third-order valence-electron chi connectivity index (χ3n) is 5.84. The Morgan fingerprint density at radius 3 is 2.45 bits per heavy atom. The molecule has 0 amide bonds. The number of carbonyl (C=O) groups is 2. The Kier molecular flexibility index (Phi) is 6.01. The van der Waals surface area contributed by atoms with Gasteiger partial charge in [-0.3, -0.25) is 4.79 Å². The molecule has 1 aliphatic carbocycles. The van der Waals surface area contributed by atoms with Crippen molar-refractivity contribution in [2.75, 3.05) is 0 Å². The van der Waals surface area contributed by atoms with Crippen molar-refractivity contribution in [3.63, 3.8) is 0 Å². The largest absolute Gasteiger partial charge is 0.460 e. The molecule has 2 aromatic rings. The zero-order chi connectivity index (χ0) is 22.1. The molecule has 2 aliphatic rings. The Labute approximate surface area is 187 Å². The summed E-state index contributed by atoms with van der Waals surface area (Å²) in [7, 11) is 0. The summed E-state index contributed by atoms with van der Waals surface area (Å²) in [5.41, 5.74) is 4.69. The van der Waals surface area contributed by atoms with Crippen LogP contribution in [0.15, 0.2) is 77.1 Å². The van der Waals surface area contributed by atoms with E-state index in [0.29, 0.717) is 29.0 Å². The molecule has 0 fully saturated rings. The quantitative estimate of drug-likeness (QED) is 0.630. The predicted molar refractivity (Wildman–Crippen MR) is 122 cm³/mol. The fourth-order valence-electron chi connectivity index (χ4n) is 4.57. The van der Waals surface area contributed by atoms with Crippen LogP contribution in [0.25, 0.3) is 0 Å². The number of carbonyl (C=O) groups excluding carboxylic acids is 2. The van der Waals surface area contributed by atoms with E-state index in [9.17, 15) is 9.59 Å². The number of ether oxygens (including phenoxy) is 1. The summed E-state index contributed by atoms with van der Waals surface area (Å²) in [6.45, 7) is 5.51. The number of nitrogens with one attached hydrogen (secondary N) is 1. The molecule has 5 heteroatoms. The second-order valence-corrected chi connectivity index (χ2v) is 8.87. The smallest absolute Gasteiger partial charge is 0.337 e. The van der Waals surface area contributed by atoms with Gasteiger partial charge in [-0.2, -0.15) is 0 Å². The Morgan fingerprint density at radius 2 is 1.77 bits per heavy atom. The Hall–Kier alpha value is -2.85. The van der Waals surface area contributed by atoms with Crippen molar-refractivity contribution in [1.82, 2.24) is 5.32 Å². The lowest BCUT2D eigenvalue weighted by atomic mass is 9.72. The number of Topliss-reactive ketones (excluding diaryl/α,β-unsaturated/α-hetero) is 1. The fraction of sp³-hybridized carbons (Fsp3) is 0.308. The highest BCUT2D eigenvalue weighted by molar-refractivity contribution is 6.30. The first kappa shape index (κ1) is 21.4. The van der Waals surface area contributed by atoms with E-state index in [2.05, 4.69) is 17.4 Å². The van der Waals surface area contributed by atoms with E-state index in [1.165, 1.54) is 0 Å². The average Bonchev–Trinajstić information content (AvgIpc) is 2.72. The van der Waals surface area contributed by atoms with Crippen LogP contribution in [-0.4, -0.2) is 17.9 Å². The molecule has 2 aromatic carbocycles. The van der Waals surface area contributed by atoms with Crippen LogP contribution in [-0.2, 0) is 14.3 Å². The van der Waals surface area contributed by atoms with Crippen LogP contribution in [0.3, 0.4) is 0 Å². The number of esters is 1. The second kappa shape index (κ2) is 8.72. The van der Waals surface area contributed by atoms with Gasteiger partial charge >= 0.3 is 5.97 Å². The van der Waals surface area contributed by atoms with Crippen LogP contribution < -0.4 is 5.32 Å². The van der Waals surface area contributed by atoms with Gasteiger partial charge in [0.15, 0.2) is 5.78 Å². The molecule has 0 aromatic heterocycles. The average molecular weight is 436 g/mol. The van der Waals surface area contributed by atoms with Gasteiger partial charge in [0.05, 0.1) is 11.7 Å². The molecule has 1 aliphatic heterocycles. The predicted octanol–water partition coefficient (Wildman–Crippen LogP) is 5.65. The van der Waals surface area contributed by atoms with E-state index in [1.807, 2.05) is 57.2 Å². The molecule has 1 N–H and O–H groups in total. The monoisotopic (exact) mass is 435 g/mol. The van der Waals surface area contributed by atoms with Gasteiger partial charge in [-0.1, -0.05) is 54.1 Å². The van der Waals surface area contributed by atoms with Gasteiger partial charge in [0.25, 0.3) is 0 Å². The number of hydrogen-bond donors (Lipinski definition) is 1. The Bertz CT molecular complexity index is 1080. The van der Waals surface area contributed by atoms with Crippen LogP contribution in [0.4, 0.5) is 0 Å². The van der Waals surface area contributed by atoms with Crippen LogP contribution in [0.1, 0.15) is 56.6 Å². The summed E-state index contributed by atoms with van der Waals surface area (Å²) >= 11 is 6.28. The summed E-state index contributed by atoms with van der Waals surface area (Å²) < 4.78 is 5.54. The zero-order valence-electron chi connectivity index (χ0n) is 17.9. The van der Waals surface area contributed by atoms with Crippen molar-refractivity contribution in [2.24, 2.45) is 0 Å². The second-order valence-electron chi connectivity index (χ2n) is 8.44. The zero-order valence-corrected chi connectivity index (χ0v) is 18.7. The fourth-order valence-corrected chi connectivity index (χ4v) is 4.77. The van der Waals surface area contributed by atoms with Gasteiger partial charge in [0.2, 0.25) is 0 Å². The van der Waals surface area contributed by atoms with Gasteiger partial charge in [-0.25, -0.2) is 4.79 Å². The first-order valence-corrected chi connectivity index (χ1v) is 11.0. The first-order chi connectivity index (χ1) is 14.8. The number of benzene rings is 2. The third-order valence-corrected chi connectivity index (χ3v) is 6.08. The summed E-state index contributed by atoms with van der Waals surface area (Å²) in [5, 5.41) is 3.94. The van der Waals surface area contributed by atoms with Gasteiger partial charge in [-0.05, 0) is 56.4 Å². The number of allylic oxidation sites excluding steroid dienone is 3. The normalized spacial score (nSPS) is 21.1. The summed E-state index contributed by atoms with van der Waals surface area (Å²) in [6.07, 6.45) is 0.867. The maximum Gasteiger partial charge on any atom is 0.337 e. The SMILES string of the molecule is CC1=C(C(=O)OC(C)C)[C@@H](c2cccc(Cl)c2)C2=C(C[C@@H](c3ccccc3)CC2=O)N1. The van der Waals surface area contributed by atoms with E-state index < -0.39 is 11.9 Å². The van der Waals surface area contributed by atoms with Crippen LogP contribution in [0.5, 0.6) is 0 Å². The maximum absolute atomic E-state index is 13.5. The standard InChI is InChI=1S/C26H26ClNO3/c1-15(2)31-26(30)23-16(3)28-21-13-19(17-8-5-4-6-9-17)14-22(29)25(21)24(23)18-10-7-11-20(27)12-18/h4-12,15,19,24,28H,13-14H2,1-3H3/t19-,24-/m1/s1. The highest BCUT2D eigenvalue weighted by atomic mass is 35.5. The molecule has 4 rings (SSSR count). The van der Waals surface area contributed by atoms with Crippen LogP contribution in [0.2, 0.25) is 5.02 Å². The lowest BCUT2D eigenvalue weighted by Gasteiger charge is -2.37. The Balaban J connectivity index is 1.81. The lowest BCUT2D eigenvalue weighted by Crippen LogP contribution is -2.36. The molecular formula is C26H26ClNO3. The molecule has 31 heavy (non-hydrogen) atoms. The number of ketones is 1. The molecule has 0 saturated heterocycles. The molecular weight excluding hydrogens is 410 g/mol. The molecule has 0 unspecified atom stereocenters. The van der Waals surface area contributed by atoms with Gasteiger partial charge < -0.3 is 10.1 Å². The molecule has 1 heterocycles. The van der Waals surface area contributed by atoms with Crippen molar-refractivity contribution < 1.29 is 14.3 Å². The van der Waals surface area contributed by atoms with Crippen molar-refractivity contribution in [1.29, 1.82) is 0 Å². The van der Waals surface area contributed by atoms with E-state index in [4.69, 9.17) is 16.3 Å². The molecule has 0 saturated carbocycles. The van der Waals surface area contributed by atoms with Crippen LogP contribution in [0, 0.1) is 0 Å². The molecule has 0 bridgehead atoms. The number of hydrogen-bond acceptors (Lipinski definition) is 4. The van der Waals surface area contributed by atoms with Gasteiger partial charge in [0, 0.05) is 34.3 Å². The number of rotatable bonds is 4.